The Morgan fingerprint density at radius 3 is 1.88 bits per heavy atom. The molecule has 0 saturated heterocycles. The van der Waals surface area contributed by atoms with Crippen molar-refractivity contribution in [1.82, 2.24) is 5.32 Å². The minimum atomic E-state index is -2.01. The number of carboxylic acids is 1. The van der Waals surface area contributed by atoms with Crippen LogP contribution in [0.5, 0.6) is 0 Å². The molecule has 0 aliphatic rings. The van der Waals surface area contributed by atoms with Gasteiger partial charge in [-0.25, -0.2) is 4.79 Å². The van der Waals surface area contributed by atoms with E-state index in [1.54, 1.807) is 34.6 Å². The van der Waals surface area contributed by atoms with Gasteiger partial charge in [0.15, 0.2) is 8.32 Å². The molecular weight excluding hydrogens is 338 g/mol. The second-order valence-electron chi connectivity index (χ2n) is 9.81. The summed E-state index contributed by atoms with van der Waals surface area (Å²) in [5.74, 6) is -0.907. The number of carbonyl (C=O) groups excluding carboxylic acids is 1. The van der Waals surface area contributed by atoms with Crippen LogP contribution < -0.4 is 5.32 Å². The summed E-state index contributed by atoms with van der Waals surface area (Å²) in [5, 5.41) is 12.2. The summed E-state index contributed by atoms with van der Waals surface area (Å²) >= 11 is 0. The number of carbonyl (C=O) groups is 2. The molecule has 0 spiro atoms. The lowest BCUT2D eigenvalue weighted by Crippen LogP contribution is -2.49. The molecule has 0 radical (unpaired) electrons. The molecule has 0 aliphatic carbocycles. The Morgan fingerprint density at radius 1 is 1.04 bits per heavy atom. The van der Waals surface area contributed by atoms with Crippen LogP contribution in [0.2, 0.25) is 18.1 Å². The Kier molecular flexibility index (Phi) is 7.73. The zero-order chi connectivity index (χ0) is 20.3. The Balaban J connectivity index is 5.15. The number of amides is 1. The molecule has 7 heteroatoms. The van der Waals surface area contributed by atoms with Crippen molar-refractivity contribution < 1.29 is 23.9 Å². The maximum Gasteiger partial charge on any atom is 0.407 e. The summed E-state index contributed by atoms with van der Waals surface area (Å²) in [6.45, 7) is 19.6. The monoisotopic (exact) mass is 375 g/mol. The standard InChI is InChI=1S/C18H37NO5Si/c1-16(2,3)24-15(22)19-13(11-18(7,8)14(20)21)12-23-25(9,10)17(4,5)6/h13H,11-12H2,1-10H3,(H,19,22)(H,20,21)/t13-/m0/s1. The van der Waals surface area contributed by atoms with E-state index in [-0.39, 0.29) is 18.1 Å². The minimum Gasteiger partial charge on any atom is -0.481 e. The van der Waals surface area contributed by atoms with Crippen LogP contribution in [0, 0.1) is 5.41 Å². The van der Waals surface area contributed by atoms with E-state index in [0.717, 1.165) is 0 Å². The van der Waals surface area contributed by atoms with E-state index < -0.39 is 37.4 Å². The summed E-state index contributed by atoms with van der Waals surface area (Å²) in [7, 11) is -2.01. The normalized spacial score (nSPS) is 14.8. The fraction of sp³-hybridized carbons (Fsp3) is 0.889. The third kappa shape index (κ3) is 8.72. The van der Waals surface area contributed by atoms with Gasteiger partial charge in [-0.15, -0.1) is 0 Å². The van der Waals surface area contributed by atoms with E-state index >= 15 is 0 Å². The Morgan fingerprint density at radius 2 is 1.52 bits per heavy atom. The first-order valence-corrected chi connectivity index (χ1v) is 11.6. The number of nitrogens with one attached hydrogen (secondary N) is 1. The number of hydrogen-bond acceptors (Lipinski definition) is 4. The number of hydrogen-bond donors (Lipinski definition) is 2. The number of rotatable bonds is 7. The van der Waals surface area contributed by atoms with Gasteiger partial charge in [-0.2, -0.15) is 0 Å². The number of alkyl carbamates (subject to hydrolysis) is 1. The Labute approximate surface area is 153 Å². The van der Waals surface area contributed by atoms with Gasteiger partial charge >= 0.3 is 12.1 Å². The van der Waals surface area contributed by atoms with E-state index in [9.17, 15) is 14.7 Å². The molecule has 0 saturated carbocycles. The van der Waals surface area contributed by atoms with Crippen molar-refractivity contribution in [3.63, 3.8) is 0 Å². The van der Waals surface area contributed by atoms with E-state index in [2.05, 4.69) is 39.2 Å². The van der Waals surface area contributed by atoms with Crippen LogP contribution in [0.25, 0.3) is 0 Å². The molecule has 0 aromatic carbocycles. The molecular formula is C18H37NO5Si. The first kappa shape index (κ1) is 23.9. The first-order valence-electron chi connectivity index (χ1n) is 8.74. The van der Waals surface area contributed by atoms with Crippen LogP contribution in [-0.2, 0) is 14.0 Å². The van der Waals surface area contributed by atoms with Gasteiger partial charge in [-0.3, -0.25) is 4.79 Å². The van der Waals surface area contributed by atoms with Crippen LogP contribution in [-0.4, -0.2) is 43.7 Å². The summed E-state index contributed by atoms with van der Waals surface area (Å²) in [5.41, 5.74) is -1.59. The van der Waals surface area contributed by atoms with E-state index in [4.69, 9.17) is 9.16 Å². The molecule has 0 unspecified atom stereocenters. The zero-order valence-electron chi connectivity index (χ0n) is 17.6. The molecule has 0 rings (SSSR count). The van der Waals surface area contributed by atoms with Crippen LogP contribution in [0.15, 0.2) is 0 Å². The van der Waals surface area contributed by atoms with Crippen molar-refractivity contribution in [2.45, 2.75) is 91.6 Å². The molecule has 1 amide bonds. The van der Waals surface area contributed by atoms with Crippen LogP contribution in [0.1, 0.15) is 61.8 Å². The third-order valence-electron chi connectivity index (χ3n) is 4.51. The average molecular weight is 376 g/mol. The van der Waals surface area contributed by atoms with Crippen molar-refractivity contribution >= 4 is 20.4 Å². The smallest absolute Gasteiger partial charge is 0.407 e. The fourth-order valence-corrected chi connectivity index (χ4v) is 2.91. The third-order valence-corrected chi connectivity index (χ3v) is 9.01. The van der Waals surface area contributed by atoms with Gasteiger partial charge in [0.25, 0.3) is 0 Å². The highest BCUT2D eigenvalue weighted by Gasteiger charge is 2.39. The van der Waals surface area contributed by atoms with Crippen molar-refractivity contribution in [1.29, 1.82) is 0 Å². The predicted molar refractivity (Wildman–Crippen MR) is 102 cm³/mol. The van der Waals surface area contributed by atoms with Crippen molar-refractivity contribution in [2.75, 3.05) is 6.61 Å². The quantitative estimate of drug-likeness (QED) is 0.644. The average Bonchev–Trinajstić information content (AvgIpc) is 2.31. The highest BCUT2D eigenvalue weighted by atomic mass is 28.4. The Bertz CT molecular complexity index is 475. The fourth-order valence-electron chi connectivity index (χ4n) is 1.85. The molecule has 25 heavy (non-hydrogen) atoms. The van der Waals surface area contributed by atoms with Crippen LogP contribution >= 0.6 is 0 Å². The molecule has 2 N–H and O–H groups in total. The summed E-state index contributed by atoms with van der Waals surface area (Å²) in [6, 6.07) is -0.435. The lowest BCUT2D eigenvalue weighted by molar-refractivity contribution is -0.147. The van der Waals surface area contributed by atoms with Gasteiger partial charge in [0.2, 0.25) is 0 Å². The topological polar surface area (TPSA) is 84.9 Å². The molecule has 0 aliphatic heterocycles. The van der Waals surface area contributed by atoms with Crippen molar-refractivity contribution in [3.05, 3.63) is 0 Å². The molecule has 0 bridgehead atoms. The summed E-state index contributed by atoms with van der Waals surface area (Å²) < 4.78 is 11.5. The molecule has 6 nitrogen and oxygen atoms in total. The predicted octanol–water partition coefficient (Wildman–Crippen LogP) is 4.40. The highest BCUT2D eigenvalue weighted by molar-refractivity contribution is 6.74. The minimum absolute atomic E-state index is 0.0335. The second kappa shape index (κ2) is 8.08. The maximum atomic E-state index is 12.1. The second-order valence-corrected chi connectivity index (χ2v) is 14.6. The number of carboxylic acid groups (broad SMARTS) is 1. The molecule has 148 valence electrons. The van der Waals surface area contributed by atoms with Crippen LogP contribution in [0.4, 0.5) is 4.79 Å². The van der Waals surface area contributed by atoms with Gasteiger partial charge in [-0.05, 0) is 59.2 Å². The lowest BCUT2D eigenvalue weighted by Gasteiger charge is -2.38. The Hall–Kier alpha value is -1.08. The van der Waals surface area contributed by atoms with E-state index in [1.807, 2.05) is 0 Å². The zero-order valence-corrected chi connectivity index (χ0v) is 18.6. The summed E-state index contributed by atoms with van der Waals surface area (Å²) in [6.07, 6.45) is -0.298. The van der Waals surface area contributed by atoms with Gasteiger partial charge in [0, 0.05) is 0 Å². The molecule has 0 heterocycles. The van der Waals surface area contributed by atoms with Gasteiger partial charge in [-0.1, -0.05) is 20.8 Å². The molecule has 1 atom stereocenters. The highest BCUT2D eigenvalue weighted by Crippen LogP contribution is 2.37. The summed E-state index contributed by atoms with van der Waals surface area (Å²) in [4.78, 5) is 23.6. The first-order chi connectivity index (χ1) is 10.9. The molecule has 0 aromatic rings. The number of aliphatic carboxylic acids is 1. The van der Waals surface area contributed by atoms with Crippen LogP contribution in [0.3, 0.4) is 0 Å². The molecule has 0 aromatic heterocycles. The van der Waals surface area contributed by atoms with Crippen molar-refractivity contribution in [2.24, 2.45) is 5.41 Å². The van der Waals surface area contributed by atoms with E-state index in [0.29, 0.717) is 0 Å². The van der Waals surface area contributed by atoms with Gasteiger partial charge < -0.3 is 19.6 Å². The van der Waals surface area contributed by atoms with E-state index in [1.165, 1.54) is 0 Å². The SMILES string of the molecule is CC(C)(C)OC(=O)N[C@H](CO[Si](C)(C)C(C)(C)C)CC(C)(C)C(=O)O. The molecule has 0 fully saturated rings. The number of ether oxygens (including phenoxy) is 1. The van der Waals surface area contributed by atoms with Gasteiger partial charge in [0.05, 0.1) is 18.1 Å². The maximum absolute atomic E-state index is 12.1. The lowest BCUT2D eigenvalue weighted by atomic mass is 9.86. The van der Waals surface area contributed by atoms with Gasteiger partial charge in [0.1, 0.15) is 5.60 Å². The largest absolute Gasteiger partial charge is 0.481 e. The van der Waals surface area contributed by atoms with Crippen molar-refractivity contribution in [3.8, 4) is 0 Å².